The van der Waals surface area contributed by atoms with Gasteiger partial charge in [-0.2, -0.15) is 0 Å². The van der Waals surface area contributed by atoms with E-state index in [-0.39, 0.29) is 0 Å². The van der Waals surface area contributed by atoms with Crippen molar-refractivity contribution in [2.24, 2.45) is 0 Å². The Morgan fingerprint density at radius 1 is 1.24 bits per heavy atom. The van der Waals surface area contributed by atoms with Gasteiger partial charge in [-0.15, -0.1) is 0 Å². The van der Waals surface area contributed by atoms with E-state index < -0.39 is 0 Å². The molecule has 4 nitrogen and oxygen atoms in total. The third kappa shape index (κ3) is 2.25. The molecule has 0 bridgehead atoms. The number of hydrogen-bond donors (Lipinski definition) is 1. The second-order valence-electron chi connectivity index (χ2n) is 3.92. The zero-order valence-electron chi connectivity index (χ0n) is 10.4. The summed E-state index contributed by atoms with van der Waals surface area (Å²) in [4.78, 5) is 12.7. The van der Waals surface area contributed by atoms with Crippen LogP contribution in [0.15, 0.2) is 24.8 Å². The fraction of sp³-hybridized carbons (Fsp3) is 0.308. The van der Waals surface area contributed by atoms with Crippen LogP contribution in [0.5, 0.6) is 0 Å². The summed E-state index contributed by atoms with van der Waals surface area (Å²) in [5.74, 6) is 0.897. The highest BCUT2D eigenvalue weighted by Crippen LogP contribution is 2.26. The van der Waals surface area contributed by atoms with Gasteiger partial charge in [-0.3, -0.25) is 4.98 Å². The quantitative estimate of drug-likeness (QED) is 0.877. The zero-order valence-corrected chi connectivity index (χ0v) is 10.4. The van der Waals surface area contributed by atoms with Crippen molar-refractivity contribution in [3.63, 3.8) is 0 Å². The van der Waals surface area contributed by atoms with Crippen molar-refractivity contribution < 1.29 is 0 Å². The first-order valence-electron chi connectivity index (χ1n) is 5.70. The maximum absolute atomic E-state index is 4.37. The van der Waals surface area contributed by atoms with E-state index in [9.17, 15) is 0 Å². The van der Waals surface area contributed by atoms with E-state index >= 15 is 0 Å². The largest absolute Gasteiger partial charge is 0.370 e. The van der Waals surface area contributed by atoms with Gasteiger partial charge in [-0.05, 0) is 32.4 Å². The van der Waals surface area contributed by atoms with Gasteiger partial charge < -0.3 is 5.32 Å². The van der Waals surface area contributed by atoms with E-state index in [0.717, 1.165) is 34.7 Å². The highest BCUT2D eigenvalue weighted by Gasteiger charge is 2.10. The van der Waals surface area contributed by atoms with Gasteiger partial charge in [-0.25, -0.2) is 9.97 Å². The summed E-state index contributed by atoms with van der Waals surface area (Å²) in [5.41, 5.74) is 4.27. The first-order valence-corrected chi connectivity index (χ1v) is 5.70. The van der Waals surface area contributed by atoms with Crippen molar-refractivity contribution in [2.45, 2.75) is 20.8 Å². The molecule has 0 atom stereocenters. The lowest BCUT2D eigenvalue weighted by atomic mass is 10.0. The van der Waals surface area contributed by atoms with Crippen molar-refractivity contribution >= 4 is 5.82 Å². The highest BCUT2D eigenvalue weighted by molar-refractivity contribution is 5.69. The minimum atomic E-state index is 0.854. The normalized spacial score (nSPS) is 10.3. The van der Waals surface area contributed by atoms with Crippen molar-refractivity contribution in [1.82, 2.24) is 15.0 Å². The molecule has 0 saturated heterocycles. The predicted octanol–water partition coefficient (Wildman–Crippen LogP) is 2.59. The van der Waals surface area contributed by atoms with E-state index in [0.29, 0.717) is 0 Å². The third-order valence-electron chi connectivity index (χ3n) is 2.70. The molecule has 0 aromatic carbocycles. The van der Waals surface area contributed by atoms with Crippen LogP contribution in [0.2, 0.25) is 0 Å². The Hall–Kier alpha value is -1.97. The van der Waals surface area contributed by atoms with Crippen LogP contribution in [0.3, 0.4) is 0 Å². The number of aryl methyl sites for hydroxylation is 1. The monoisotopic (exact) mass is 228 g/mol. The lowest BCUT2D eigenvalue weighted by Gasteiger charge is -2.11. The van der Waals surface area contributed by atoms with E-state index in [4.69, 9.17) is 0 Å². The van der Waals surface area contributed by atoms with Crippen molar-refractivity contribution in [2.75, 3.05) is 11.9 Å². The topological polar surface area (TPSA) is 50.7 Å². The number of aromatic nitrogens is 3. The van der Waals surface area contributed by atoms with Crippen LogP contribution in [-0.4, -0.2) is 21.5 Å². The van der Waals surface area contributed by atoms with Crippen LogP contribution >= 0.6 is 0 Å². The zero-order chi connectivity index (χ0) is 12.3. The first kappa shape index (κ1) is 11.5. The minimum absolute atomic E-state index is 0.854. The Morgan fingerprint density at radius 2 is 2.06 bits per heavy atom. The molecule has 2 aromatic heterocycles. The second kappa shape index (κ2) is 4.91. The molecule has 0 radical (unpaired) electrons. The lowest BCUT2D eigenvalue weighted by molar-refractivity contribution is 1.08. The second-order valence-corrected chi connectivity index (χ2v) is 3.92. The highest BCUT2D eigenvalue weighted by atomic mass is 15.0. The predicted molar refractivity (Wildman–Crippen MR) is 68.9 cm³/mol. The van der Waals surface area contributed by atoms with E-state index in [1.54, 1.807) is 12.5 Å². The lowest BCUT2D eigenvalue weighted by Crippen LogP contribution is -2.04. The molecular weight excluding hydrogens is 212 g/mol. The van der Waals surface area contributed by atoms with E-state index in [1.807, 2.05) is 26.1 Å². The van der Waals surface area contributed by atoms with Crippen LogP contribution in [0, 0.1) is 13.8 Å². The molecule has 2 heterocycles. The molecule has 0 fully saturated rings. The van der Waals surface area contributed by atoms with Gasteiger partial charge in [0.05, 0.1) is 5.69 Å². The first-order chi connectivity index (χ1) is 8.24. The molecule has 17 heavy (non-hydrogen) atoms. The fourth-order valence-corrected chi connectivity index (χ4v) is 1.81. The standard InChI is InChI=1S/C13H16N4/c1-4-15-13-10(3)12(16-8-17-13)11-5-6-14-7-9(11)2/h5-8H,4H2,1-3H3,(H,15,16,17). The number of anilines is 1. The molecule has 4 heteroatoms. The Kier molecular flexibility index (Phi) is 3.32. The van der Waals surface area contributed by atoms with E-state index in [2.05, 4.69) is 27.2 Å². The number of nitrogens with zero attached hydrogens (tertiary/aromatic N) is 3. The van der Waals surface area contributed by atoms with Gasteiger partial charge in [-0.1, -0.05) is 0 Å². The van der Waals surface area contributed by atoms with Crippen LogP contribution in [0.25, 0.3) is 11.3 Å². The number of pyridine rings is 1. The Balaban J connectivity index is 2.53. The molecule has 0 aliphatic heterocycles. The third-order valence-corrected chi connectivity index (χ3v) is 2.70. The fourth-order valence-electron chi connectivity index (χ4n) is 1.81. The van der Waals surface area contributed by atoms with Crippen LogP contribution < -0.4 is 5.32 Å². The molecule has 0 aliphatic rings. The Morgan fingerprint density at radius 3 is 2.76 bits per heavy atom. The maximum atomic E-state index is 4.37. The summed E-state index contributed by atoms with van der Waals surface area (Å²) < 4.78 is 0. The summed E-state index contributed by atoms with van der Waals surface area (Å²) >= 11 is 0. The number of nitrogens with one attached hydrogen (secondary N) is 1. The number of hydrogen-bond acceptors (Lipinski definition) is 4. The van der Waals surface area contributed by atoms with E-state index in [1.165, 1.54) is 0 Å². The Labute approximate surface area is 101 Å². The Bertz CT molecular complexity index is 523. The van der Waals surface area contributed by atoms with Gasteiger partial charge in [0.15, 0.2) is 0 Å². The molecule has 2 aromatic rings. The summed E-state index contributed by atoms with van der Waals surface area (Å²) in [6, 6.07) is 1.99. The molecule has 0 amide bonds. The molecular formula is C13H16N4. The average molecular weight is 228 g/mol. The molecule has 1 N–H and O–H groups in total. The summed E-state index contributed by atoms with van der Waals surface area (Å²) in [6.45, 7) is 6.98. The van der Waals surface area contributed by atoms with Gasteiger partial charge in [0, 0.05) is 30.1 Å². The summed E-state index contributed by atoms with van der Waals surface area (Å²) in [5, 5.41) is 3.24. The van der Waals surface area contributed by atoms with Gasteiger partial charge in [0.2, 0.25) is 0 Å². The molecule has 0 aliphatic carbocycles. The maximum Gasteiger partial charge on any atom is 0.132 e. The SMILES string of the molecule is CCNc1ncnc(-c2ccncc2C)c1C. The van der Waals surface area contributed by atoms with Gasteiger partial charge in [0.25, 0.3) is 0 Å². The summed E-state index contributed by atoms with van der Waals surface area (Å²) in [7, 11) is 0. The van der Waals surface area contributed by atoms with Gasteiger partial charge >= 0.3 is 0 Å². The molecule has 0 saturated carbocycles. The van der Waals surface area contributed by atoms with Crippen LogP contribution in [0.4, 0.5) is 5.82 Å². The van der Waals surface area contributed by atoms with Crippen molar-refractivity contribution in [3.05, 3.63) is 35.9 Å². The summed E-state index contributed by atoms with van der Waals surface area (Å²) in [6.07, 6.45) is 5.24. The molecule has 88 valence electrons. The van der Waals surface area contributed by atoms with Crippen LogP contribution in [0.1, 0.15) is 18.1 Å². The number of rotatable bonds is 3. The minimum Gasteiger partial charge on any atom is -0.370 e. The molecule has 2 rings (SSSR count). The van der Waals surface area contributed by atoms with Crippen LogP contribution in [-0.2, 0) is 0 Å². The molecule has 0 unspecified atom stereocenters. The smallest absolute Gasteiger partial charge is 0.132 e. The average Bonchev–Trinajstić information content (AvgIpc) is 2.33. The molecule has 0 spiro atoms. The van der Waals surface area contributed by atoms with Crippen molar-refractivity contribution in [1.29, 1.82) is 0 Å². The van der Waals surface area contributed by atoms with Crippen molar-refractivity contribution in [3.8, 4) is 11.3 Å². The van der Waals surface area contributed by atoms with Gasteiger partial charge in [0.1, 0.15) is 12.1 Å².